The number of nitrogens with zero attached hydrogens (tertiary/aromatic N) is 6. The molecule has 40 heavy (non-hydrogen) atoms. The number of piperidine rings is 1. The van der Waals surface area contributed by atoms with Gasteiger partial charge in [0.05, 0.1) is 23.0 Å². The largest absolute Gasteiger partial charge is 0.474 e. The summed E-state index contributed by atoms with van der Waals surface area (Å²) in [5.74, 6) is 0.852. The zero-order chi connectivity index (χ0) is 27.1. The third-order valence-electron chi connectivity index (χ3n) is 7.40. The third-order valence-corrected chi connectivity index (χ3v) is 7.40. The van der Waals surface area contributed by atoms with E-state index in [1.807, 2.05) is 47.2 Å². The summed E-state index contributed by atoms with van der Waals surface area (Å²) >= 11 is 0. The van der Waals surface area contributed by atoms with Crippen molar-refractivity contribution in [1.29, 1.82) is 0 Å². The highest BCUT2D eigenvalue weighted by Gasteiger charge is 2.26. The SMILES string of the molecule is Fc1cccc(Cn2c(N3CCC(Oc4ncnc5c4ccn5-c4cccc(F)c4)CC3)nc3ccccc32)c1. The minimum absolute atomic E-state index is 0.0204. The van der Waals surface area contributed by atoms with Crippen LogP contribution in [0.3, 0.4) is 0 Å². The maximum atomic E-state index is 13.9. The fourth-order valence-corrected chi connectivity index (χ4v) is 5.47. The zero-order valence-corrected chi connectivity index (χ0v) is 21.6. The zero-order valence-electron chi connectivity index (χ0n) is 21.6. The molecular formula is C31H26F2N6O. The number of fused-ring (bicyclic) bond motifs is 2. The van der Waals surface area contributed by atoms with E-state index in [0.29, 0.717) is 23.8 Å². The Hall–Kier alpha value is -4.79. The van der Waals surface area contributed by atoms with E-state index in [1.165, 1.54) is 24.5 Å². The first-order chi connectivity index (χ1) is 19.6. The summed E-state index contributed by atoms with van der Waals surface area (Å²) < 4.78 is 38.1. The average Bonchev–Trinajstić information content (AvgIpc) is 3.56. The maximum absolute atomic E-state index is 13.9. The van der Waals surface area contributed by atoms with E-state index in [2.05, 4.69) is 25.5 Å². The molecular weight excluding hydrogens is 510 g/mol. The highest BCUT2D eigenvalue weighted by molar-refractivity contribution is 5.83. The topological polar surface area (TPSA) is 61.0 Å². The Morgan fingerprint density at radius 2 is 1.65 bits per heavy atom. The molecule has 9 heteroatoms. The van der Waals surface area contributed by atoms with E-state index >= 15 is 0 Å². The molecule has 0 atom stereocenters. The van der Waals surface area contributed by atoms with Gasteiger partial charge in [0, 0.05) is 37.8 Å². The molecule has 4 heterocycles. The van der Waals surface area contributed by atoms with Crippen LogP contribution in [0.15, 0.2) is 91.4 Å². The smallest absolute Gasteiger partial charge is 0.226 e. The molecule has 0 radical (unpaired) electrons. The van der Waals surface area contributed by atoms with Crippen molar-refractivity contribution in [3.63, 3.8) is 0 Å². The highest BCUT2D eigenvalue weighted by Crippen LogP contribution is 2.30. The second-order valence-electron chi connectivity index (χ2n) is 10.0. The Morgan fingerprint density at radius 1 is 0.850 bits per heavy atom. The first-order valence-corrected chi connectivity index (χ1v) is 13.3. The van der Waals surface area contributed by atoms with Crippen LogP contribution in [-0.2, 0) is 6.54 Å². The number of benzene rings is 3. The lowest BCUT2D eigenvalue weighted by Crippen LogP contribution is -2.39. The minimum atomic E-state index is -0.305. The van der Waals surface area contributed by atoms with Gasteiger partial charge in [-0.1, -0.05) is 30.3 Å². The van der Waals surface area contributed by atoms with Crippen molar-refractivity contribution in [2.24, 2.45) is 0 Å². The first-order valence-electron chi connectivity index (χ1n) is 13.3. The van der Waals surface area contributed by atoms with Crippen LogP contribution in [0.4, 0.5) is 14.7 Å². The monoisotopic (exact) mass is 536 g/mol. The molecule has 6 aromatic rings. The van der Waals surface area contributed by atoms with Gasteiger partial charge in [0.1, 0.15) is 24.1 Å². The normalized spacial score (nSPS) is 14.3. The number of para-hydroxylation sites is 2. The van der Waals surface area contributed by atoms with Crippen LogP contribution in [0.5, 0.6) is 5.88 Å². The molecule has 7 nitrogen and oxygen atoms in total. The van der Waals surface area contributed by atoms with Crippen molar-refractivity contribution < 1.29 is 13.5 Å². The summed E-state index contributed by atoms with van der Waals surface area (Å²) in [4.78, 5) is 16.1. The van der Waals surface area contributed by atoms with Gasteiger partial charge < -0.3 is 18.8 Å². The van der Waals surface area contributed by atoms with Crippen LogP contribution >= 0.6 is 0 Å². The molecule has 0 amide bonds. The predicted molar refractivity (Wildman–Crippen MR) is 150 cm³/mol. The second-order valence-corrected chi connectivity index (χ2v) is 10.0. The number of hydrogen-bond acceptors (Lipinski definition) is 5. The molecule has 1 aliphatic heterocycles. The molecule has 0 saturated carbocycles. The van der Waals surface area contributed by atoms with Crippen molar-refractivity contribution >= 4 is 28.0 Å². The van der Waals surface area contributed by atoms with Gasteiger partial charge in [-0.15, -0.1) is 0 Å². The van der Waals surface area contributed by atoms with E-state index in [-0.39, 0.29) is 17.7 Å². The molecule has 7 rings (SSSR count). The molecule has 1 saturated heterocycles. The molecule has 0 spiro atoms. The molecule has 0 bridgehead atoms. The molecule has 0 unspecified atom stereocenters. The van der Waals surface area contributed by atoms with E-state index in [9.17, 15) is 8.78 Å². The van der Waals surface area contributed by atoms with Gasteiger partial charge in [-0.25, -0.2) is 23.7 Å². The van der Waals surface area contributed by atoms with Gasteiger partial charge in [-0.05, 0) is 54.1 Å². The Labute approximate surface area is 229 Å². The van der Waals surface area contributed by atoms with Crippen LogP contribution in [0, 0.1) is 11.6 Å². The Bertz CT molecular complexity index is 1820. The molecule has 1 fully saturated rings. The fourth-order valence-electron chi connectivity index (χ4n) is 5.47. The molecule has 3 aromatic carbocycles. The predicted octanol–water partition coefficient (Wildman–Crippen LogP) is 6.14. The summed E-state index contributed by atoms with van der Waals surface area (Å²) in [6.45, 7) is 2.05. The number of ether oxygens (including phenoxy) is 1. The highest BCUT2D eigenvalue weighted by atomic mass is 19.1. The molecule has 3 aromatic heterocycles. The van der Waals surface area contributed by atoms with Crippen molar-refractivity contribution in [3.05, 3.63) is 109 Å². The number of halogens is 2. The van der Waals surface area contributed by atoms with Crippen LogP contribution < -0.4 is 9.64 Å². The Morgan fingerprint density at radius 3 is 2.48 bits per heavy atom. The third kappa shape index (κ3) is 4.53. The van der Waals surface area contributed by atoms with Gasteiger partial charge in [-0.2, -0.15) is 0 Å². The molecule has 0 aliphatic carbocycles. The lowest BCUT2D eigenvalue weighted by Gasteiger charge is -2.33. The molecule has 1 aliphatic rings. The van der Waals surface area contributed by atoms with E-state index in [4.69, 9.17) is 9.72 Å². The molecule has 0 N–H and O–H groups in total. The van der Waals surface area contributed by atoms with Crippen molar-refractivity contribution in [2.45, 2.75) is 25.5 Å². The van der Waals surface area contributed by atoms with Gasteiger partial charge in [0.25, 0.3) is 0 Å². The Kier molecular flexibility index (Phi) is 6.11. The van der Waals surface area contributed by atoms with E-state index in [1.54, 1.807) is 18.2 Å². The summed E-state index contributed by atoms with van der Waals surface area (Å²) in [7, 11) is 0. The quantitative estimate of drug-likeness (QED) is 0.256. The standard InChI is InChI=1S/C31H26F2N6O/c32-22-6-3-5-21(17-22)19-39-28-10-2-1-9-27(28)36-31(39)37-14-11-25(12-15-37)40-30-26-13-16-38(29(26)34-20-35-30)24-8-4-7-23(33)18-24/h1-10,13,16-18,20,25H,11-12,14-15,19H2. The van der Waals surface area contributed by atoms with Crippen LogP contribution in [0.2, 0.25) is 0 Å². The van der Waals surface area contributed by atoms with Crippen molar-refractivity contribution in [2.75, 3.05) is 18.0 Å². The van der Waals surface area contributed by atoms with Crippen LogP contribution in [-0.4, -0.2) is 43.3 Å². The lowest BCUT2D eigenvalue weighted by atomic mass is 10.1. The number of hydrogen-bond donors (Lipinski definition) is 0. The van der Waals surface area contributed by atoms with Crippen LogP contribution in [0.1, 0.15) is 18.4 Å². The number of aromatic nitrogens is 5. The first kappa shape index (κ1) is 24.3. The summed E-state index contributed by atoms with van der Waals surface area (Å²) in [5, 5.41) is 0.783. The average molecular weight is 537 g/mol. The van der Waals surface area contributed by atoms with Gasteiger partial charge in [0.2, 0.25) is 11.8 Å². The van der Waals surface area contributed by atoms with Gasteiger partial charge in [0.15, 0.2) is 5.65 Å². The summed E-state index contributed by atoms with van der Waals surface area (Å²) in [5.41, 5.74) is 4.18. The van der Waals surface area contributed by atoms with Crippen molar-refractivity contribution in [1.82, 2.24) is 24.1 Å². The van der Waals surface area contributed by atoms with Crippen molar-refractivity contribution in [3.8, 4) is 11.6 Å². The van der Waals surface area contributed by atoms with Gasteiger partial charge >= 0.3 is 0 Å². The number of imidazole rings is 1. The maximum Gasteiger partial charge on any atom is 0.226 e. The lowest BCUT2D eigenvalue weighted by molar-refractivity contribution is 0.165. The second kappa shape index (κ2) is 10.1. The van der Waals surface area contributed by atoms with E-state index < -0.39 is 0 Å². The summed E-state index contributed by atoms with van der Waals surface area (Å²) in [6, 6.07) is 23.1. The number of anilines is 1. The summed E-state index contributed by atoms with van der Waals surface area (Å²) in [6.07, 6.45) is 4.90. The Balaban J connectivity index is 1.10. The van der Waals surface area contributed by atoms with Crippen LogP contribution in [0.25, 0.3) is 27.8 Å². The van der Waals surface area contributed by atoms with E-state index in [0.717, 1.165) is 53.9 Å². The number of rotatable bonds is 6. The van der Waals surface area contributed by atoms with Gasteiger partial charge in [-0.3, -0.25) is 0 Å². The fraction of sp³-hybridized carbons (Fsp3) is 0.194. The minimum Gasteiger partial charge on any atom is -0.474 e. The molecule has 200 valence electrons.